The molecule has 0 spiro atoms. The van der Waals surface area contributed by atoms with Crippen molar-refractivity contribution >= 4 is 5.97 Å². The molecular formula is C14H21NO3. The van der Waals surface area contributed by atoms with E-state index in [9.17, 15) is 4.79 Å². The van der Waals surface area contributed by atoms with Crippen molar-refractivity contribution in [1.29, 1.82) is 0 Å². The van der Waals surface area contributed by atoms with Crippen molar-refractivity contribution in [1.82, 2.24) is 5.48 Å². The van der Waals surface area contributed by atoms with Gasteiger partial charge in [0.1, 0.15) is 0 Å². The van der Waals surface area contributed by atoms with Gasteiger partial charge < -0.3 is 5.11 Å². The lowest BCUT2D eigenvalue weighted by molar-refractivity contribution is -0.143. The fourth-order valence-electron chi connectivity index (χ4n) is 1.63. The van der Waals surface area contributed by atoms with Gasteiger partial charge >= 0.3 is 5.97 Å². The summed E-state index contributed by atoms with van der Waals surface area (Å²) in [6, 6.07) is 9.77. The summed E-state index contributed by atoms with van der Waals surface area (Å²) in [4.78, 5) is 16.2. The summed E-state index contributed by atoms with van der Waals surface area (Å²) in [7, 11) is 0. The third kappa shape index (κ3) is 5.80. The molecule has 1 atom stereocenters. The summed E-state index contributed by atoms with van der Waals surface area (Å²) in [6.07, 6.45) is 2.62. The average Bonchev–Trinajstić information content (AvgIpc) is 2.38. The SMILES string of the molecule is CCCC[C@H](CNOCc1ccccc1)C(=O)O. The second-order valence-electron chi connectivity index (χ2n) is 4.30. The molecule has 100 valence electrons. The van der Waals surface area contributed by atoms with Gasteiger partial charge in [-0.05, 0) is 12.0 Å². The van der Waals surface area contributed by atoms with E-state index in [2.05, 4.69) is 12.4 Å². The Labute approximate surface area is 108 Å². The minimum absolute atomic E-state index is 0.349. The number of carbonyl (C=O) groups is 1. The van der Waals surface area contributed by atoms with E-state index < -0.39 is 5.97 Å². The number of nitrogens with one attached hydrogen (secondary N) is 1. The molecule has 0 amide bonds. The average molecular weight is 251 g/mol. The first-order chi connectivity index (χ1) is 8.74. The highest BCUT2D eigenvalue weighted by Gasteiger charge is 2.16. The van der Waals surface area contributed by atoms with Crippen molar-refractivity contribution in [2.24, 2.45) is 5.92 Å². The van der Waals surface area contributed by atoms with Crippen LogP contribution in [0.15, 0.2) is 30.3 Å². The number of carboxylic acid groups (broad SMARTS) is 1. The second kappa shape index (κ2) is 8.66. The summed E-state index contributed by atoms with van der Waals surface area (Å²) in [5.41, 5.74) is 3.80. The Bertz CT molecular complexity index is 340. The highest BCUT2D eigenvalue weighted by atomic mass is 16.6. The lowest BCUT2D eigenvalue weighted by atomic mass is 10.0. The van der Waals surface area contributed by atoms with E-state index in [1.54, 1.807) is 0 Å². The van der Waals surface area contributed by atoms with E-state index in [0.29, 0.717) is 19.6 Å². The number of rotatable bonds is 9. The van der Waals surface area contributed by atoms with Crippen LogP contribution in [-0.4, -0.2) is 17.6 Å². The van der Waals surface area contributed by atoms with Crippen LogP contribution in [0.4, 0.5) is 0 Å². The van der Waals surface area contributed by atoms with Gasteiger partial charge in [-0.2, -0.15) is 0 Å². The molecule has 0 unspecified atom stereocenters. The van der Waals surface area contributed by atoms with Crippen LogP contribution in [-0.2, 0) is 16.2 Å². The van der Waals surface area contributed by atoms with Crippen molar-refractivity contribution in [3.63, 3.8) is 0 Å². The van der Waals surface area contributed by atoms with E-state index >= 15 is 0 Å². The molecule has 4 heteroatoms. The third-order valence-electron chi connectivity index (χ3n) is 2.77. The van der Waals surface area contributed by atoms with Crippen molar-refractivity contribution in [3.8, 4) is 0 Å². The van der Waals surface area contributed by atoms with Crippen LogP contribution >= 0.6 is 0 Å². The van der Waals surface area contributed by atoms with Gasteiger partial charge in [-0.15, -0.1) is 0 Å². The molecule has 1 aromatic rings. The Balaban J connectivity index is 2.20. The normalized spacial score (nSPS) is 12.3. The standard InChI is InChI=1S/C14H21NO3/c1-2-3-9-13(14(16)17)10-15-18-11-12-7-5-4-6-8-12/h4-8,13,15H,2-3,9-11H2,1H3,(H,16,17)/t13-/m1/s1. The zero-order chi connectivity index (χ0) is 13.2. The molecule has 0 fully saturated rings. The molecule has 0 saturated carbocycles. The zero-order valence-electron chi connectivity index (χ0n) is 10.8. The van der Waals surface area contributed by atoms with Crippen molar-refractivity contribution in [2.45, 2.75) is 32.8 Å². The van der Waals surface area contributed by atoms with E-state index in [-0.39, 0.29) is 5.92 Å². The van der Waals surface area contributed by atoms with Crippen LogP contribution in [0, 0.1) is 5.92 Å². The summed E-state index contributed by atoms with van der Waals surface area (Å²) in [6.45, 7) is 2.85. The second-order valence-corrected chi connectivity index (χ2v) is 4.30. The van der Waals surface area contributed by atoms with Gasteiger partial charge in [0.2, 0.25) is 0 Å². The number of hydrogen-bond acceptors (Lipinski definition) is 3. The molecule has 0 heterocycles. The quantitative estimate of drug-likeness (QED) is 0.523. The Morgan fingerprint density at radius 3 is 2.72 bits per heavy atom. The Hall–Kier alpha value is -1.39. The highest BCUT2D eigenvalue weighted by Crippen LogP contribution is 2.08. The number of benzene rings is 1. The molecule has 0 saturated heterocycles. The zero-order valence-corrected chi connectivity index (χ0v) is 10.8. The molecule has 1 rings (SSSR count). The van der Waals surface area contributed by atoms with Crippen LogP contribution < -0.4 is 5.48 Å². The molecule has 1 aromatic carbocycles. The van der Waals surface area contributed by atoms with Gasteiger partial charge in [0.15, 0.2) is 0 Å². The summed E-state index contributed by atoms with van der Waals surface area (Å²) < 4.78 is 0. The Kier molecular flexibility index (Phi) is 7.06. The van der Waals surface area contributed by atoms with Crippen LogP contribution in [0.1, 0.15) is 31.7 Å². The fraction of sp³-hybridized carbons (Fsp3) is 0.500. The van der Waals surface area contributed by atoms with Crippen LogP contribution in [0.3, 0.4) is 0 Å². The number of hydrogen-bond donors (Lipinski definition) is 2. The lowest BCUT2D eigenvalue weighted by Gasteiger charge is -2.12. The van der Waals surface area contributed by atoms with Crippen molar-refractivity contribution in [3.05, 3.63) is 35.9 Å². The van der Waals surface area contributed by atoms with Gasteiger partial charge in [-0.1, -0.05) is 50.1 Å². The third-order valence-corrected chi connectivity index (χ3v) is 2.77. The van der Waals surface area contributed by atoms with E-state index in [4.69, 9.17) is 9.94 Å². The number of carboxylic acids is 1. The van der Waals surface area contributed by atoms with Gasteiger partial charge in [0.05, 0.1) is 12.5 Å². The summed E-state index contributed by atoms with van der Waals surface area (Å²) in [5, 5.41) is 9.02. The van der Waals surface area contributed by atoms with Crippen molar-refractivity contribution < 1.29 is 14.7 Å². The van der Waals surface area contributed by atoms with Crippen LogP contribution in [0.25, 0.3) is 0 Å². The van der Waals surface area contributed by atoms with Gasteiger partial charge in [-0.25, -0.2) is 5.48 Å². The highest BCUT2D eigenvalue weighted by molar-refractivity contribution is 5.70. The van der Waals surface area contributed by atoms with Gasteiger partial charge in [0, 0.05) is 6.54 Å². The molecule has 0 aromatic heterocycles. The molecule has 0 aliphatic rings. The maximum atomic E-state index is 11.0. The number of hydroxylamine groups is 1. The predicted molar refractivity (Wildman–Crippen MR) is 69.9 cm³/mol. The molecule has 0 bridgehead atoms. The molecule has 0 radical (unpaired) electrons. The monoisotopic (exact) mass is 251 g/mol. The molecule has 4 nitrogen and oxygen atoms in total. The maximum absolute atomic E-state index is 11.0. The van der Waals surface area contributed by atoms with E-state index in [1.807, 2.05) is 30.3 Å². The maximum Gasteiger partial charge on any atom is 0.307 e. The molecular weight excluding hydrogens is 230 g/mol. The topological polar surface area (TPSA) is 58.6 Å². The minimum atomic E-state index is -0.765. The summed E-state index contributed by atoms with van der Waals surface area (Å²) >= 11 is 0. The van der Waals surface area contributed by atoms with Gasteiger partial charge in [-0.3, -0.25) is 9.63 Å². The smallest absolute Gasteiger partial charge is 0.307 e. The van der Waals surface area contributed by atoms with E-state index in [0.717, 1.165) is 18.4 Å². The molecule has 0 aliphatic carbocycles. The Morgan fingerprint density at radius 1 is 1.39 bits per heavy atom. The van der Waals surface area contributed by atoms with Crippen molar-refractivity contribution in [2.75, 3.05) is 6.54 Å². The first-order valence-corrected chi connectivity index (χ1v) is 6.35. The first-order valence-electron chi connectivity index (χ1n) is 6.35. The fourth-order valence-corrected chi connectivity index (χ4v) is 1.63. The molecule has 0 aliphatic heterocycles. The number of aliphatic carboxylic acids is 1. The first kappa shape index (κ1) is 14.7. The lowest BCUT2D eigenvalue weighted by Crippen LogP contribution is -2.28. The Morgan fingerprint density at radius 2 is 2.11 bits per heavy atom. The van der Waals surface area contributed by atoms with E-state index in [1.165, 1.54) is 0 Å². The molecule has 18 heavy (non-hydrogen) atoms. The predicted octanol–water partition coefficient (Wildman–Crippen LogP) is 2.60. The van der Waals surface area contributed by atoms with Gasteiger partial charge in [0.25, 0.3) is 0 Å². The summed E-state index contributed by atoms with van der Waals surface area (Å²) in [5.74, 6) is -1.14. The minimum Gasteiger partial charge on any atom is -0.481 e. The largest absolute Gasteiger partial charge is 0.481 e. The number of unbranched alkanes of at least 4 members (excludes halogenated alkanes) is 1. The van der Waals surface area contributed by atoms with Crippen LogP contribution in [0.2, 0.25) is 0 Å². The van der Waals surface area contributed by atoms with Crippen LogP contribution in [0.5, 0.6) is 0 Å². The molecule has 2 N–H and O–H groups in total.